The quantitative estimate of drug-likeness (QED) is 0.895. The van der Waals surface area contributed by atoms with Crippen LogP contribution in [0.15, 0.2) is 22.9 Å². The van der Waals surface area contributed by atoms with Crippen LogP contribution in [0.1, 0.15) is 23.2 Å². The number of nitrogens with zero attached hydrogens (tertiary/aromatic N) is 2. The van der Waals surface area contributed by atoms with Crippen LogP contribution in [0.5, 0.6) is 0 Å². The molecule has 2 rings (SSSR count). The molecule has 2 heterocycles. The van der Waals surface area contributed by atoms with E-state index >= 15 is 0 Å². The summed E-state index contributed by atoms with van der Waals surface area (Å²) in [5.41, 5.74) is 0.322. The summed E-state index contributed by atoms with van der Waals surface area (Å²) in [6.07, 6.45) is -0.129. The summed E-state index contributed by atoms with van der Waals surface area (Å²) < 4.78 is 30.5. The summed E-state index contributed by atoms with van der Waals surface area (Å²) in [4.78, 5) is 7.63. The third-order valence-electron chi connectivity index (χ3n) is 2.34. The SMILES string of the molecule is Cc1ccoc1-c1ncc(CO)c(C(F)F)n1. The van der Waals surface area contributed by atoms with Gasteiger partial charge in [0.25, 0.3) is 6.43 Å². The van der Waals surface area contributed by atoms with Crippen LogP contribution in [-0.2, 0) is 6.61 Å². The predicted octanol–water partition coefficient (Wildman–Crippen LogP) is 2.47. The topological polar surface area (TPSA) is 59.2 Å². The number of rotatable bonds is 3. The molecular formula is C11H10F2N2O2. The van der Waals surface area contributed by atoms with E-state index in [1.165, 1.54) is 12.5 Å². The highest BCUT2D eigenvalue weighted by Gasteiger charge is 2.18. The maximum atomic E-state index is 12.7. The molecule has 0 bridgehead atoms. The van der Waals surface area contributed by atoms with Gasteiger partial charge in [0, 0.05) is 11.8 Å². The molecule has 17 heavy (non-hydrogen) atoms. The molecular weight excluding hydrogens is 230 g/mol. The van der Waals surface area contributed by atoms with Crippen LogP contribution in [0.3, 0.4) is 0 Å². The number of aromatic nitrogens is 2. The van der Waals surface area contributed by atoms with E-state index in [2.05, 4.69) is 9.97 Å². The van der Waals surface area contributed by atoms with Gasteiger partial charge in [-0.05, 0) is 18.6 Å². The Balaban J connectivity index is 2.51. The Hall–Kier alpha value is -1.82. The average Bonchev–Trinajstić information content (AvgIpc) is 2.74. The van der Waals surface area contributed by atoms with Crippen molar-refractivity contribution in [2.75, 3.05) is 0 Å². The predicted molar refractivity (Wildman–Crippen MR) is 55.4 cm³/mol. The van der Waals surface area contributed by atoms with Gasteiger partial charge in [0.1, 0.15) is 5.69 Å². The van der Waals surface area contributed by atoms with Crippen molar-refractivity contribution in [1.82, 2.24) is 9.97 Å². The number of halogens is 2. The maximum absolute atomic E-state index is 12.7. The van der Waals surface area contributed by atoms with Crippen LogP contribution in [-0.4, -0.2) is 15.1 Å². The summed E-state index contributed by atoms with van der Waals surface area (Å²) in [6, 6.07) is 1.70. The van der Waals surface area contributed by atoms with E-state index in [1.54, 1.807) is 13.0 Å². The number of aryl methyl sites for hydroxylation is 1. The number of alkyl halides is 2. The summed E-state index contributed by atoms with van der Waals surface area (Å²) in [6.45, 7) is 1.25. The third kappa shape index (κ3) is 2.16. The molecule has 90 valence electrons. The zero-order chi connectivity index (χ0) is 12.4. The van der Waals surface area contributed by atoms with Gasteiger partial charge in [0.15, 0.2) is 11.6 Å². The van der Waals surface area contributed by atoms with Crippen LogP contribution >= 0.6 is 0 Å². The molecule has 0 aliphatic carbocycles. The van der Waals surface area contributed by atoms with Gasteiger partial charge in [0.2, 0.25) is 0 Å². The lowest BCUT2D eigenvalue weighted by Crippen LogP contribution is -2.02. The lowest BCUT2D eigenvalue weighted by Gasteiger charge is -2.06. The van der Waals surface area contributed by atoms with Crippen molar-refractivity contribution in [3.63, 3.8) is 0 Å². The fourth-order valence-electron chi connectivity index (χ4n) is 1.44. The van der Waals surface area contributed by atoms with E-state index in [0.717, 1.165) is 5.56 Å². The van der Waals surface area contributed by atoms with Crippen molar-refractivity contribution in [1.29, 1.82) is 0 Å². The first-order valence-corrected chi connectivity index (χ1v) is 4.92. The number of furan rings is 1. The van der Waals surface area contributed by atoms with Gasteiger partial charge in [0.05, 0.1) is 12.9 Å². The summed E-state index contributed by atoms with van der Waals surface area (Å²) in [7, 11) is 0. The fraction of sp³-hybridized carbons (Fsp3) is 0.273. The minimum atomic E-state index is -2.76. The average molecular weight is 240 g/mol. The highest BCUT2D eigenvalue weighted by atomic mass is 19.3. The van der Waals surface area contributed by atoms with Crippen LogP contribution in [0.25, 0.3) is 11.6 Å². The molecule has 0 atom stereocenters. The normalized spacial score (nSPS) is 11.1. The van der Waals surface area contributed by atoms with E-state index < -0.39 is 18.7 Å². The molecule has 6 heteroatoms. The van der Waals surface area contributed by atoms with Gasteiger partial charge >= 0.3 is 0 Å². The molecule has 0 aliphatic rings. The second-order valence-electron chi connectivity index (χ2n) is 3.50. The molecule has 0 aliphatic heterocycles. The van der Waals surface area contributed by atoms with Crippen molar-refractivity contribution in [2.24, 2.45) is 0 Å². The van der Waals surface area contributed by atoms with Crippen molar-refractivity contribution in [3.05, 3.63) is 35.3 Å². The molecule has 1 N–H and O–H groups in total. The van der Waals surface area contributed by atoms with Crippen molar-refractivity contribution in [2.45, 2.75) is 20.0 Å². The van der Waals surface area contributed by atoms with Gasteiger partial charge in [-0.15, -0.1) is 0 Å². The highest BCUT2D eigenvalue weighted by molar-refractivity contribution is 5.52. The number of hydrogen-bond donors (Lipinski definition) is 1. The zero-order valence-electron chi connectivity index (χ0n) is 9.02. The standard InChI is InChI=1S/C11H10F2N2O2/c1-6-2-3-17-9(6)11-14-4-7(5-16)8(15-11)10(12)13/h2-4,10,16H,5H2,1H3. The Kier molecular flexibility index (Phi) is 3.14. The molecule has 2 aromatic rings. The molecule has 0 fully saturated rings. The molecule has 0 radical (unpaired) electrons. The van der Waals surface area contributed by atoms with Crippen LogP contribution in [0.2, 0.25) is 0 Å². The first-order valence-electron chi connectivity index (χ1n) is 4.92. The van der Waals surface area contributed by atoms with Gasteiger partial charge in [-0.1, -0.05) is 0 Å². The summed E-state index contributed by atoms with van der Waals surface area (Å²) in [5.74, 6) is 0.455. The van der Waals surface area contributed by atoms with E-state index in [4.69, 9.17) is 9.52 Å². The van der Waals surface area contributed by atoms with Crippen molar-refractivity contribution < 1.29 is 18.3 Å². The van der Waals surface area contributed by atoms with Crippen LogP contribution < -0.4 is 0 Å². The summed E-state index contributed by atoms with van der Waals surface area (Å²) >= 11 is 0. The Morgan fingerprint density at radius 3 is 2.76 bits per heavy atom. The molecule has 4 nitrogen and oxygen atoms in total. The Morgan fingerprint density at radius 2 is 2.24 bits per heavy atom. The number of aliphatic hydroxyl groups excluding tert-OH is 1. The van der Waals surface area contributed by atoms with Crippen LogP contribution in [0, 0.1) is 6.92 Å². The number of aliphatic hydroxyl groups is 1. The van der Waals surface area contributed by atoms with E-state index in [9.17, 15) is 8.78 Å². The van der Waals surface area contributed by atoms with Crippen molar-refractivity contribution >= 4 is 0 Å². The Bertz CT molecular complexity index is 526. The van der Waals surface area contributed by atoms with E-state index in [-0.39, 0.29) is 11.4 Å². The molecule has 0 saturated heterocycles. The fourth-order valence-corrected chi connectivity index (χ4v) is 1.44. The molecule has 0 aromatic carbocycles. The Morgan fingerprint density at radius 1 is 1.47 bits per heavy atom. The second-order valence-corrected chi connectivity index (χ2v) is 3.50. The summed E-state index contributed by atoms with van der Waals surface area (Å²) in [5, 5.41) is 8.91. The smallest absolute Gasteiger partial charge is 0.280 e. The zero-order valence-corrected chi connectivity index (χ0v) is 9.02. The van der Waals surface area contributed by atoms with E-state index in [0.29, 0.717) is 5.76 Å². The Labute approximate surface area is 95.9 Å². The third-order valence-corrected chi connectivity index (χ3v) is 2.34. The first kappa shape index (κ1) is 11.7. The minimum absolute atomic E-state index is 0.0213. The lowest BCUT2D eigenvalue weighted by molar-refractivity contribution is 0.141. The first-order chi connectivity index (χ1) is 8.13. The largest absolute Gasteiger partial charge is 0.461 e. The van der Waals surface area contributed by atoms with E-state index in [1.807, 2.05) is 0 Å². The molecule has 0 unspecified atom stereocenters. The monoisotopic (exact) mass is 240 g/mol. The highest BCUT2D eigenvalue weighted by Crippen LogP contribution is 2.25. The minimum Gasteiger partial charge on any atom is -0.461 e. The number of hydrogen-bond acceptors (Lipinski definition) is 4. The van der Waals surface area contributed by atoms with Gasteiger partial charge in [-0.2, -0.15) is 0 Å². The second kappa shape index (κ2) is 4.58. The maximum Gasteiger partial charge on any atom is 0.280 e. The van der Waals surface area contributed by atoms with Gasteiger partial charge < -0.3 is 9.52 Å². The van der Waals surface area contributed by atoms with Gasteiger partial charge in [-0.3, -0.25) is 0 Å². The van der Waals surface area contributed by atoms with Crippen LogP contribution in [0.4, 0.5) is 8.78 Å². The van der Waals surface area contributed by atoms with Crippen molar-refractivity contribution in [3.8, 4) is 11.6 Å². The van der Waals surface area contributed by atoms with Gasteiger partial charge in [-0.25, -0.2) is 18.7 Å². The molecule has 0 amide bonds. The molecule has 2 aromatic heterocycles. The lowest BCUT2D eigenvalue weighted by atomic mass is 10.2. The molecule has 0 saturated carbocycles. The molecule has 0 spiro atoms.